The van der Waals surface area contributed by atoms with Crippen LogP contribution in [0.1, 0.15) is 5.56 Å². The molecule has 1 heterocycles. The SMILES string of the molecule is C=CCNS(=O)(=O)CCc1ccncc1. The molecule has 0 bridgehead atoms. The molecular weight excluding hydrogens is 212 g/mol. The minimum atomic E-state index is -3.18. The Kier molecular flexibility index (Phi) is 4.45. The van der Waals surface area contributed by atoms with E-state index < -0.39 is 10.0 Å². The van der Waals surface area contributed by atoms with Gasteiger partial charge in [-0.2, -0.15) is 0 Å². The second-order valence-electron chi connectivity index (χ2n) is 3.06. The number of aromatic nitrogens is 1. The van der Waals surface area contributed by atoms with E-state index in [1.165, 1.54) is 6.08 Å². The highest BCUT2D eigenvalue weighted by molar-refractivity contribution is 7.89. The van der Waals surface area contributed by atoms with Gasteiger partial charge in [0.1, 0.15) is 0 Å². The Labute approximate surface area is 90.1 Å². The van der Waals surface area contributed by atoms with Crippen LogP contribution in [0.2, 0.25) is 0 Å². The highest BCUT2D eigenvalue weighted by Gasteiger charge is 2.08. The van der Waals surface area contributed by atoms with Crippen LogP contribution in [0.3, 0.4) is 0 Å². The molecule has 0 aromatic carbocycles. The van der Waals surface area contributed by atoms with Gasteiger partial charge in [0.05, 0.1) is 5.75 Å². The minimum Gasteiger partial charge on any atom is -0.265 e. The summed E-state index contributed by atoms with van der Waals surface area (Å²) in [6.07, 6.45) is 5.32. The first-order valence-electron chi connectivity index (χ1n) is 4.61. The molecule has 0 spiro atoms. The molecule has 1 N–H and O–H groups in total. The fourth-order valence-electron chi connectivity index (χ4n) is 1.06. The van der Waals surface area contributed by atoms with Gasteiger partial charge in [-0.3, -0.25) is 4.98 Å². The lowest BCUT2D eigenvalue weighted by Crippen LogP contribution is -2.27. The second kappa shape index (κ2) is 5.63. The Morgan fingerprint density at radius 3 is 2.67 bits per heavy atom. The van der Waals surface area contributed by atoms with Gasteiger partial charge in [0.25, 0.3) is 0 Å². The van der Waals surface area contributed by atoms with E-state index in [4.69, 9.17) is 0 Å². The van der Waals surface area contributed by atoms with Crippen LogP contribution in [0.25, 0.3) is 0 Å². The van der Waals surface area contributed by atoms with Crippen LogP contribution in [0, 0.1) is 0 Å². The van der Waals surface area contributed by atoms with Crippen LogP contribution in [-0.2, 0) is 16.4 Å². The van der Waals surface area contributed by atoms with Gasteiger partial charge in [-0.05, 0) is 24.1 Å². The van der Waals surface area contributed by atoms with Crippen molar-refractivity contribution in [2.45, 2.75) is 6.42 Å². The molecule has 0 unspecified atom stereocenters. The highest BCUT2D eigenvalue weighted by atomic mass is 32.2. The van der Waals surface area contributed by atoms with Crippen LogP contribution >= 0.6 is 0 Å². The Morgan fingerprint density at radius 2 is 2.07 bits per heavy atom. The maximum absolute atomic E-state index is 11.4. The summed E-state index contributed by atoms with van der Waals surface area (Å²) in [5.41, 5.74) is 0.967. The Bertz CT molecular complexity index is 401. The minimum absolute atomic E-state index is 0.0881. The monoisotopic (exact) mass is 226 g/mol. The summed E-state index contributed by atoms with van der Waals surface area (Å²) in [5.74, 6) is 0.0881. The van der Waals surface area contributed by atoms with Crippen molar-refractivity contribution in [3.8, 4) is 0 Å². The van der Waals surface area contributed by atoms with Gasteiger partial charge in [-0.25, -0.2) is 13.1 Å². The first-order chi connectivity index (χ1) is 7.14. The van der Waals surface area contributed by atoms with Crippen LogP contribution in [-0.4, -0.2) is 25.7 Å². The number of nitrogens with one attached hydrogen (secondary N) is 1. The third-order valence-corrected chi connectivity index (χ3v) is 3.20. The molecular formula is C10H14N2O2S. The van der Waals surface area contributed by atoms with Crippen molar-refractivity contribution in [3.63, 3.8) is 0 Å². The zero-order valence-corrected chi connectivity index (χ0v) is 9.20. The van der Waals surface area contributed by atoms with E-state index in [0.29, 0.717) is 6.42 Å². The molecule has 0 amide bonds. The first kappa shape index (κ1) is 11.9. The van der Waals surface area contributed by atoms with Crippen molar-refractivity contribution < 1.29 is 8.42 Å². The van der Waals surface area contributed by atoms with Crippen molar-refractivity contribution in [2.75, 3.05) is 12.3 Å². The number of nitrogens with zero attached hydrogens (tertiary/aromatic N) is 1. The van der Waals surface area contributed by atoms with Crippen molar-refractivity contribution in [2.24, 2.45) is 0 Å². The molecule has 0 saturated carbocycles. The standard InChI is InChI=1S/C10H14N2O2S/c1-2-6-12-15(13,14)9-5-10-3-7-11-8-4-10/h2-4,7-8,12H,1,5-6,9H2. The molecule has 15 heavy (non-hydrogen) atoms. The highest BCUT2D eigenvalue weighted by Crippen LogP contribution is 1.99. The van der Waals surface area contributed by atoms with E-state index in [1.54, 1.807) is 12.4 Å². The molecule has 1 aromatic heterocycles. The quantitative estimate of drug-likeness (QED) is 0.727. The van der Waals surface area contributed by atoms with E-state index >= 15 is 0 Å². The van der Waals surface area contributed by atoms with Crippen molar-refractivity contribution in [1.82, 2.24) is 9.71 Å². The Balaban J connectivity index is 2.46. The molecule has 0 aliphatic heterocycles. The molecule has 0 radical (unpaired) electrons. The molecule has 4 nitrogen and oxygen atoms in total. The number of hydrogen-bond acceptors (Lipinski definition) is 3. The molecule has 0 atom stereocenters. The van der Waals surface area contributed by atoms with Crippen molar-refractivity contribution >= 4 is 10.0 Å². The Morgan fingerprint density at radius 1 is 1.40 bits per heavy atom. The largest absolute Gasteiger partial charge is 0.265 e. The van der Waals surface area contributed by atoms with Crippen LogP contribution < -0.4 is 4.72 Å². The van der Waals surface area contributed by atoms with Gasteiger partial charge in [0.2, 0.25) is 10.0 Å². The average molecular weight is 226 g/mol. The normalized spacial score (nSPS) is 11.2. The lowest BCUT2D eigenvalue weighted by atomic mass is 10.2. The van der Waals surface area contributed by atoms with Crippen LogP contribution in [0.15, 0.2) is 37.2 Å². The van der Waals surface area contributed by atoms with Crippen LogP contribution in [0.5, 0.6) is 0 Å². The topological polar surface area (TPSA) is 59.1 Å². The van der Waals surface area contributed by atoms with Gasteiger partial charge >= 0.3 is 0 Å². The number of rotatable bonds is 6. The molecule has 0 saturated heterocycles. The van der Waals surface area contributed by atoms with Gasteiger partial charge in [0.15, 0.2) is 0 Å². The van der Waals surface area contributed by atoms with Crippen LogP contribution in [0.4, 0.5) is 0 Å². The zero-order valence-electron chi connectivity index (χ0n) is 8.39. The first-order valence-corrected chi connectivity index (χ1v) is 6.26. The average Bonchev–Trinajstić information content (AvgIpc) is 2.25. The number of sulfonamides is 1. The maximum Gasteiger partial charge on any atom is 0.212 e. The summed E-state index contributed by atoms with van der Waals surface area (Å²) >= 11 is 0. The lowest BCUT2D eigenvalue weighted by molar-refractivity contribution is 0.585. The van der Waals surface area contributed by atoms with E-state index in [2.05, 4.69) is 16.3 Å². The zero-order chi connectivity index (χ0) is 11.1. The summed E-state index contributed by atoms with van der Waals surface area (Å²) < 4.78 is 25.2. The smallest absolute Gasteiger partial charge is 0.212 e. The summed E-state index contributed by atoms with van der Waals surface area (Å²) in [4.78, 5) is 3.86. The van der Waals surface area contributed by atoms with Gasteiger partial charge < -0.3 is 0 Å². The number of pyridine rings is 1. The van der Waals surface area contributed by atoms with E-state index in [0.717, 1.165) is 5.56 Å². The van der Waals surface area contributed by atoms with Gasteiger partial charge in [-0.15, -0.1) is 6.58 Å². The molecule has 82 valence electrons. The number of hydrogen-bond donors (Lipinski definition) is 1. The van der Waals surface area contributed by atoms with Crippen molar-refractivity contribution in [3.05, 3.63) is 42.7 Å². The molecule has 1 aromatic rings. The fraction of sp³-hybridized carbons (Fsp3) is 0.300. The second-order valence-corrected chi connectivity index (χ2v) is 4.99. The fourth-order valence-corrected chi connectivity index (χ4v) is 2.08. The van der Waals surface area contributed by atoms with Crippen molar-refractivity contribution in [1.29, 1.82) is 0 Å². The molecule has 5 heteroatoms. The molecule has 1 rings (SSSR count). The van der Waals surface area contributed by atoms with E-state index in [-0.39, 0.29) is 12.3 Å². The summed E-state index contributed by atoms with van der Waals surface area (Å²) in [6, 6.07) is 3.62. The predicted molar refractivity (Wildman–Crippen MR) is 59.9 cm³/mol. The van der Waals surface area contributed by atoms with E-state index in [9.17, 15) is 8.42 Å². The summed E-state index contributed by atoms with van der Waals surface area (Å²) in [5, 5.41) is 0. The predicted octanol–water partition coefficient (Wildman–Crippen LogP) is 0.729. The number of aryl methyl sites for hydroxylation is 1. The Hall–Kier alpha value is -1.20. The lowest BCUT2D eigenvalue weighted by Gasteiger charge is -2.04. The third kappa shape index (κ3) is 4.71. The van der Waals surface area contributed by atoms with E-state index in [1.807, 2.05) is 12.1 Å². The van der Waals surface area contributed by atoms with Gasteiger partial charge in [-0.1, -0.05) is 6.08 Å². The van der Waals surface area contributed by atoms with Gasteiger partial charge in [0, 0.05) is 18.9 Å². The maximum atomic E-state index is 11.4. The molecule has 0 aliphatic rings. The summed E-state index contributed by atoms with van der Waals surface area (Å²) in [7, 11) is -3.18. The molecule has 0 fully saturated rings. The molecule has 0 aliphatic carbocycles. The third-order valence-electron chi connectivity index (χ3n) is 1.86. The summed E-state index contributed by atoms with van der Waals surface area (Å²) in [6.45, 7) is 3.72.